The van der Waals surface area contributed by atoms with Crippen LogP contribution in [0.2, 0.25) is 0 Å². The summed E-state index contributed by atoms with van der Waals surface area (Å²) in [4.78, 5) is 25.8. The van der Waals surface area contributed by atoms with Crippen molar-refractivity contribution in [1.82, 2.24) is 4.90 Å². The highest BCUT2D eigenvalue weighted by Crippen LogP contribution is 2.32. The van der Waals surface area contributed by atoms with Gasteiger partial charge in [-0.15, -0.1) is 0 Å². The summed E-state index contributed by atoms with van der Waals surface area (Å²) < 4.78 is 5.42. The number of benzene rings is 1. The quantitative estimate of drug-likeness (QED) is 0.853. The van der Waals surface area contributed by atoms with E-state index in [1.54, 1.807) is 0 Å². The van der Waals surface area contributed by atoms with E-state index in [1.807, 2.05) is 58.0 Å². The second-order valence-corrected chi connectivity index (χ2v) is 6.54. The van der Waals surface area contributed by atoms with Crippen molar-refractivity contribution in [3.63, 3.8) is 0 Å². The van der Waals surface area contributed by atoms with Crippen LogP contribution in [0.15, 0.2) is 30.3 Å². The molecule has 0 saturated carbocycles. The molecule has 4 heteroatoms. The molecule has 0 aliphatic carbocycles. The van der Waals surface area contributed by atoms with Gasteiger partial charge in [-0.2, -0.15) is 0 Å². The third-order valence-corrected chi connectivity index (χ3v) is 3.78. The van der Waals surface area contributed by atoms with E-state index in [-0.39, 0.29) is 17.9 Å². The fourth-order valence-corrected chi connectivity index (χ4v) is 2.68. The monoisotopic (exact) mass is 289 g/mol. The fourth-order valence-electron chi connectivity index (χ4n) is 2.68. The van der Waals surface area contributed by atoms with Crippen molar-refractivity contribution >= 4 is 12.0 Å². The van der Waals surface area contributed by atoms with Crippen molar-refractivity contribution in [2.75, 3.05) is 0 Å². The smallest absolute Gasteiger partial charge is 0.417 e. The molecular weight excluding hydrogens is 266 g/mol. The summed E-state index contributed by atoms with van der Waals surface area (Å²) in [5.74, 6) is 0.0629. The average Bonchev–Trinajstić information content (AvgIpc) is 2.59. The minimum atomic E-state index is -0.667. The Morgan fingerprint density at radius 2 is 1.90 bits per heavy atom. The van der Waals surface area contributed by atoms with Crippen LogP contribution in [0.5, 0.6) is 0 Å². The average molecular weight is 289 g/mol. The van der Waals surface area contributed by atoms with Crippen LogP contribution in [0.1, 0.15) is 39.7 Å². The first-order valence-corrected chi connectivity index (χ1v) is 7.40. The number of rotatable bonds is 4. The van der Waals surface area contributed by atoms with Gasteiger partial charge in [0.2, 0.25) is 5.91 Å². The molecule has 1 atom stereocenters. The summed E-state index contributed by atoms with van der Waals surface area (Å²) in [5.41, 5.74) is 0.427. The summed E-state index contributed by atoms with van der Waals surface area (Å²) in [6.07, 6.45) is 0.450. The number of nitrogens with zero attached hydrogens (tertiary/aromatic N) is 1. The van der Waals surface area contributed by atoms with Crippen molar-refractivity contribution in [3.05, 3.63) is 35.9 Å². The number of hydrogen-bond donors (Lipinski definition) is 0. The Hall–Kier alpha value is -1.84. The van der Waals surface area contributed by atoms with E-state index in [0.29, 0.717) is 12.8 Å². The van der Waals surface area contributed by atoms with Gasteiger partial charge < -0.3 is 4.74 Å². The van der Waals surface area contributed by atoms with E-state index in [0.717, 1.165) is 5.56 Å². The SMILES string of the molecule is CC(C)CC(=O)N1C(=O)OC(C)(C)[C@H]1Cc1ccccc1. The topological polar surface area (TPSA) is 46.6 Å². The van der Waals surface area contributed by atoms with Crippen LogP contribution in [0.25, 0.3) is 0 Å². The highest BCUT2D eigenvalue weighted by molar-refractivity contribution is 5.94. The Bertz CT molecular complexity index is 522. The molecule has 1 aromatic carbocycles. The summed E-state index contributed by atoms with van der Waals surface area (Å²) in [7, 11) is 0. The molecule has 0 bridgehead atoms. The Balaban J connectivity index is 2.24. The van der Waals surface area contributed by atoms with E-state index < -0.39 is 11.7 Å². The standard InChI is InChI=1S/C17H23NO3/c1-12(2)10-15(19)18-14(17(3,4)21-16(18)20)11-13-8-6-5-7-9-13/h5-9,12,14H,10-11H2,1-4H3/t14-/m1/s1. The Kier molecular flexibility index (Phi) is 4.35. The van der Waals surface area contributed by atoms with Crippen LogP contribution in [0.4, 0.5) is 4.79 Å². The second kappa shape index (κ2) is 5.88. The normalized spacial score (nSPS) is 20.7. The predicted octanol–water partition coefficient (Wildman–Crippen LogP) is 3.40. The van der Waals surface area contributed by atoms with Crippen molar-refractivity contribution in [2.24, 2.45) is 5.92 Å². The Morgan fingerprint density at radius 1 is 1.29 bits per heavy atom. The lowest BCUT2D eigenvalue weighted by Gasteiger charge is -2.28. The van der Waals surface area contributed by atoms with Gasteiger partial charge in [-0.3, -0.25) is 4.79 Å². The van der Waals surface area contributed by atoms with E-state index in [1.165, 1.54) is 4.90 Å². The van der Waals surface area contributed by atoms with Crippen molar-refractivity contribution in [1.29, 1.82) is 0 Å². The van der Waals surface area contributed by atoms with E-state index in [4.69, 9.17) is 4.74 Å². The molecule has 0 unspecified atom stereocenters. The van der Waals surface area contributed by atoms with E-state index in [9.17, 15) is 9.59 Å². The number of carbonyl (C=O) groups is 2. The first-order valence-electron chi connectivity index (χ1n) is 7.40. The lowest BCUT2D eigenvalue weighted by molar-refractivity contribution is -0.130. The number of carbonyl (C=O) groups excluding carboxylic acids is 2. The molecule has 1 aliphatic rings. The van der Waals surface area contributed by atoms with Gasteiger partial charge in [-0.25, -0.2) is 9.69 Å². The van der Waals surface area contributed by atoms with Crippen LogP contribution in [-0.4, -0.2) is 28.5 Å². The van der Waals surface area contributed by atoms with Gasteiger partial charge >= 0.3 is 6.09 Å². The highest BCUT2D eigenvalue weighted by atomic mass is 16.6. The molecule has 1 saturated heterocycles. The Morgan fingerprint density at radius 3 is 2.48 bits per heavy atom. The first-order chi connectivity index (χ1) is 9.81. The maximum atomic E-state index is 12.4. The zero-order valence-electron chi connectivity index (χ0n) is 13.1. The van der Waals surface area contributed by atoms with Gasteiger partial charge in [0.15, 0.2) is 0 Å². The molecule has 0 N–H and O–H groups in total. The van der Waals surface area contributed by atoms with Crippen molar-refractivity contribution in [2.45, 2.75) is 52.2 Å². The third-order valence-electron chi connectivity index (χ3n) is 3.78. The van der Waals surface area contributed by atoms with Crippen LogP contribution in [0, 0.1) is 5.92 Å². The van der Waals surface area contributed by atoms with Gasteiger partial charge in [0.25, 0.3) is 0 Å². The first kappa shape index (κ1) is 15.5. The molecular formula is C17H23NO3. The van der Waals surface area contributed by atoms with Crippen molar-refractivity contribution in [3.8, 4) is 0 Å². The maximum Gasteiger partial charge on any atom is 0.417 e. The van der Waals surface area contributed by atoms with Crippen LogP contribution in [-0.2, 0) is 16.0 Å². The molecule has 1 aromatic rings. The maximum absolute atomic E-state index is 12.4. The fraction of sp³-hybridized carbons (Fsp3) is 0.529. The lowest BCUT2D eigenvalue weighted by Crippen LogP contribution is -2.46. The van der Waals surface area contributed by atoms with Gasteiger partial charge in [0.05, 0.1) is 6.04 Å². The molecule has 0 aromatic heterocycles. The van der Waals surface area contributed by atoms with Crippen molar-refractivity contribution < 1.29 is 14.3 Å². The highest BCUT2D eigenvalue weighted by Gasteiger charge is 2.50. The van der Waals surface area contributed by atoms with E-state index in [2.05, 4.69) is 0 Å². The minimum Gasteiger partial charge on any atom is -0.441 e. The number of amides is 2. The van der Waals surface area contributed by atoms with Crippen LogP contribution < -0.4 is 0 Å². The van der Waals surface area contributed by atoms with E-state index >= 15 is 0 Å². The Labute approximate surface area is 126 Å². The molecule has 0 radical (unpaired) electrons. The molecule has 114 valence electrons. The number of ether oxygens (including phenoxy) is 1. The molecule has 2 rings (SSSR count). The molecule has 1 heterocycles. The van der Waals surface area contributed by atoms with Gasteiger partial charge in [-0.05, 0) is 31.7 Å². The zero-order valence-corrected chi connectivity index (χ0v) is 13.1. The largest absolute Gasteiger partial charge is 0.441 e. The summed E-state index contributed by atoms with van der Waals surface area (Å²) in [6, 6.07) is 9.61. The third kappa shape index (κ3) is 3.43. The second-order valence-electron chi connectivity index (χ2n) is 6.54. The number of imide groups is 1. The minimum absolute atomic E-state index is 0.151. The number of hydrogen-bond acceptors (Lipinski definition) is 3. The molecule has 2 amide bonds. The van der Waals surface area contributed by atoms with Gasteiger partial charge in [0.1, 0.15) is 5.60 Å². The van der Waals surface area contributed by atoms with Gasteiger partial charge in [-0.1, -0.05) is 44.2 Å². The van der Waals surface area contributed by atoms with Gasteiger partial charge in [0, 0.05) is 6.42 Å². The zero-order chi connectivity index (χ0) is 15.6. The van der Waals surface area contributed by atoms with Crippen LogP contribution >= 0.6 is 0 Å². The summed E-state index contributed by atoms with van der Waals surface area (Å²) in [6.45, 7) is 7.66. The summed E-state index contributed by atoms with van der Waals surface area (Å²) >= 11 is 0. The molecule has 21 heavy (non-hydrogen) atoms. The molecule has 4 nitrogen and oxygen atoms in total. The van der Waals surface area contributed by atoms with Crippen LogP contribution in [0.3, 0.4) is 0 Å². The lowest BCUT2D eigenvalue weighted by atomic mass is 9.91. The summed E-state index contributed by atoms with van der Waals surface area (Å²) in [5, 5.41) is 0. The molecule has 1 aliphatic heterocycles. The predicted molar refractivity (Wildman–Crippen MR) is 80.8 cm³/mol. The number of cyclic esters (lactones) is 1. The molecule has 1 fully saturated rings. The molecule has 0 spiro atoms.